The average molecular weight is 403 g/mol. The summed E-state index contributed by atoms with van der Waals surface area (Å²) in [6, 6.07) is 15.6. The molecule has 0 aliphatic carbocycles. The number of carbonyl (C=O) groups excluding carboxylic acids is 1. The van der Waals surface area contributed by atoms with Gasteiger partial charge in [-0.05, 0) is 60.8 Å². The van der Waals surface area contributed by atoms with Crippen LogP contribution in [0.3, 0.4) is 0 Å². The molecule has 1 amide bonds. The Balaban J connectivity index is 1.66. The fourth-order valence-electron chi connectivity index (χ4n) is 3.38. The van der Waals surface area contributed by atoms with Crippen molar-refractivity contribution in [3.8, 4) is 11.3 Å². The minimum Gasteiger partial charge on any atom is -0.350 e. The maximum Gasteiger partial charge on any atom is 0.252 e. The van der Waals surface area contributed by atoms with Crippen molar-refractivity contribution in [2.75, 3.05) is 20.6 Å². The molecule has 0 saturated heterocycles. The second-order valence-electron chi connectivity index (χ2n) is 7.05. The number of nitrogens with one attached hydrogen (secondary N) is 1. The van der Waals surface area contributed by atoms with Gasteiger partial charge in [-0.25, -0.2) is 4.98 Å². The standard InChI is InChI=1S/C23H22N4OS/c1-27(2)22(17-9-12-29-15-17)14-25-23(28)19-13-21(16-7-10-24-11-8-16)26-20-6-4-3-5-18(19)20/h3-13,15,22H,14H2,1-2H3,(H,25,28). The molecule has 3 aromatic heterocycles. The summed E-state index contributed by atoms with van der Waals surface area (Å²) in [7, 11) is 4.05. The van der Waals surface area contributed by atoms with E-state index in [0.29, 0.717) is 12.1 Å². The number of nitrogens with zero attached hydrogens (tertiary/aromatic N) is 3. The zero-order chi connectivity index (χ0) is 20.2. The predicted octanol–water partition coefficient (Wildman–Crippen LogP) is 4.39. The molecule has 5 nitrogen and oxygen atoms in total. The summed E-state index contributed by atoms with van der Waals surface area (Å²) in [5.41, 5.74) is 4.33. The largest absolute Gasteiger partial charge is 0.350 e. The van der Waals surface area contributed by atoms with Crippen LogP contribution in [0.4, 0.5) is 0 Å². The van der Waals surface area contributed by atoms with E-state index in [4.69, 9.17) is 4.98 Å². The van der Waals surface area contributed by atoms with Crippen LogP contribution in [0, 0.1) is 0 Å². The molecule has 6 heteroatoms. The van der Waals surface area contributed by atoms with Crippen LogP contribution in [0.15, 0.2) is 71.7 Å². The summed E-state index contributed by atoms with van der Waals surface area (Å²) >= 11 is 1.66. The fraction of sp³-hybridized carbons (Fsp3) is 0.174. The van der Waals surface area contributed by atoms with Crippen LogP contribution in [-0.4, -0.2) is 41.4 Å². The number of benzene rings is 1. The third kappa shape index (κ3) is 4.18. The van der Waals surface area contributed by atoms with Crippen molar-refractivity contribution in [3.63, 3.8) is 0 Å². The zero-order valence-corrected chi connectivity index (χ0v) is 17.2. The summed E-state index contributed by atoms with van der Waals surface area (Å²) in [5.74, 6) is -0.0963. The minimum atomic E-state index is -0.0963. The van der Waals surface area contributed by atoms with Crippen LogP contribution in [0.5, 0.6) is 0 Å². The number of thiophene rings is 1. The van der Waals surface area contributed by atoms with Crippen LogP contribution in [0.25, 0.3) is 22.2 Å². The smallest absolute Gasteiger partial charge is 0.252 e. The molecule has 1 N–H and O–H groups in total. The van der Waals surface area contributed by atoms with Gasteiger partial charge >= 0.3 is 0 Å². The Morgan fingerprint density at radius 1 is 1.14 bits per heavy atom. The van der Waals surface area contributed by atoms with E-state index in [9.17, 15) is 4.79 Å². The van der Waals surface area contributed by atoms with Crippen LogP contribution >= 0.6 is 11.3 Å². The van der Waals surface area contributed by atoms with Crippen molar-refractivity contribution < 1.29 is 4.79 Å². The topological polar surface area (TPSA) is 58.1 Å². The van der Waals surface area contributed by atoms with Gasteiger partial charge in [0.15, 0.2) is 0 Å². The van der Waals surface area contributed by atoms with Gasteiger partial charge in [-0.15, -0.1) is 0 Å². The van der Waals surface area contributed by atoms with Crippen molar-refractivity contribution in [2.45, 2.75) is 6.04 Å². The Morgan fingerprint density at radius 3 is 2.66 bits per heavy atom. The molecule has 0 aliphatic heterocycles. The monoisotopic (exact) mass is 402 g/mol. The number of para-hydroxylation sites is 1. The highest BCUT2D eigenvalue weighted by molar-refractivity contribution is 7.08. The SMILES string of the molecule is CN(C)C(CNC(=O)c1cc(-c2ccncc2)nc2ccccc12)c1ccsc1. The number of rotatable bonds is 6. The first-order valence-electron chi connectivity index (χ1n) is 9.40. The molecule has 29 heavy (non-hydrogen) atoms. The first kappa shape index (κ1) is 19.2. The lowest BCUT2D eigenvalue weighted by molar-refractivity contribution is 0.0943. The van der Waals surface area contributed by atoms with E-state index in [-0.39, 0.29) is 11.9 Å². The van der Waals surface area contributed by atoms with E-state index in [2.05, 4.69) is 32.0 Å². The van der Waals surface area contributed by atoms with Crippen molar-refractivity contribution in [2.24, 2.45) is 0 Å². The quantitative estimate of drug-likeness (QED) is 0.520. The summed E-state index contributed by atoms with van der Waals surface area (Å²) in [5, 5.41) is 8.16. The lowest BCUT2D eigenvalue weighted by Crippen LogP contribution is -2.34. The number of amides is 1. The molecule has 3 heterocycles. The lowest BCUT2D eigenvalue weighted by Gasteiger charge is -2.24. The highest BCUT2D eigenvalue weighted by Crippen LogP contribution is 2.25. The fourth-order valence-corrected chi connectivity index (χ4v) is 4.09. The van der Waals surface area contributed by atoms with Crippen LogP contribution in [-0.2, 0) is 0 Å². The maximum atomic E-state index is 13.2. The van der Waals surface area contributed by atoms with E-state index in [1.165, 1.54) is 5.56 Å². The number of likely N-dealkylation sites (N-methyl/N-ethyl adjacent to an activating group) is 1. The molecule has 0 bridgehead atoms. The summed E-state index contributed by atoms with van der Waals surface area (Å²) < 4.78 is 0. The Labute approximate surface area is 174 Å². The Morgan fingerprint density at radius 2 is 1.93 bits per heavy atom. The van der Waals surface area contributed by atoms with Crippen molar-refractivity contribution >= 4 is 28.1 Å². The number of hydrogen-bond donors (Lipinski definition) is 1. The van der Waals surface area contributed by atoms with Crippen LogP contribution in [0.1, 0.15) is 22.0 Å². The molecule has 1 aromatic carbocycles. The summed E-state index contributed by atoms with van der Waals surface area (Å²) in [4.78, 5) is 24.1. The van der Waals surface area contributed by atoms with Crippen molar-refractivity contribution in [3.05, 3.63) is 82.8 Å². The highest BCUT2D eigenvalue weighted by Gasteiger charge is 2.18. The maximum absolute atomic E-state index is 13.2. The highest BCUT2D eigenvalue weighted by atomic mass is 32.1. The van der Waals surface area contributed by atoms with Gasteiger partial charge in [-0.2, -0.15) is 11.3 Å². The Hall–Kier alpha value is -3.09. The lowest BCUT2D eigenvalue weighted by atomic mass is 10.0. The summed E-state index contributed by atoms with van der Waals surface area (Å²) in [6.07, 6.45) is 3.46. The first-order valence-corrected chi connectivity index (χ1v) is 10.3. The number of hydrogen-bond acceptors (Lipinski definition) is 5. The van der Waals surface area contributed by atoms with E-state index >= 15 is 0 Å². The van der Waals surface area contributed by atoms with E-state index < -0.39 is 0 Å². The molecule has 1 atom stereocenters. The second-order valence-corrected chi connectivity index (χ2v) is 7.83. The van der Waals surface area contributed by atoms with Gasteiger partial charge in [0.1, 0.15) is 0 Å². The van der Waals surface area contributed by atoms with Gasteiger partial charge in [0.25, 0.3) is 5.91 Å². The number of pyridine rings is 2. The minimum absolute atomic E-state index is 0.0963. The molecule has 4 aromatic rings. The van der Waals surface area contributed by atoms with Gasteiger partial charge in [0.2, 0.25) is 0 Å². The normalized spacial score (nSPS) is 12.2. The first-order chi connectivity index (χ1) is 14.1. The molecule has 146 valence electrons. The molecule has 1 unspecified atom stereocenters. The Bertz CT molecular complexity index is 1110. The van der Waals surface area contributed by atoms with E-state index in [1.807, 2.05) is 56.6 Å². The van der Waals surface area contributed by atoms with Crippen molar-refractivity contribution in [1.82, 2.24) is 20.2 Å². The molecule has 4 rings (SSSR count). The van der Waals surface area contributed by atoms with Gasteiger partial charge in [-0.3, -0.25) is 9.78 Å². The molecule has 0 fully saturated rings. The molecule has 0 spiro atoms. The van der Waals surface area contributed by atoms with Gasteiger partial charge in [-0.1, -0.05) is 18.2 Å². The van der Waals surface area contributed by atoms with Gasteiger partial charge in [0, 0.05) is 29.9 Å². The molecular formula is C23H22N4OS. The van der Waals surface area contributed by atoms with Crippen LogP contribution in [0.2, 0.25) is 0 Å². The van der Waals surface area contributed by atoms with Crippen LogP contribution < -0.4 is 5.32 Å². The molecule has 0 aliphatic rings. The molecule has 0 radical (unpaired) electrons. The second kappa shape index (κ2) is 8.51. The number of carbonyl (C=O) groups is 1. The van der Waals surface area contributed by atoms with E-state index in [0.717, 1.165) is 22.2 Å². The van der Waals surface area contributed by atoms with Gasteiger partial charge in [0.05, 0.1) is 22.8 Å². The third-order valence-corrected chi connectivity index (χ3v) is 5.65. The number of fused-ring (bicyclic) bond motifs is 1. The predicted molar refractivity (Wildman–Crippen MR) is 118 cm³/mol. The van der Waals surface area contributed by atoms with Gasteiger partial charge < -0.3 is 10.2 Å². The summed E-state index contributed by atoms with van der Waals surface area (Å²) in [6.45, 7) is 0.532. The van der Waals surface area contributed by atoms with E-state index in [1.54, 1.807) is 23.7 Å². The number of aromatic nitrogens is 2. The van der Waals surface area contributed by atoms with Crippen molar-refractivity contribution in [1.29, 1.82) is 0 Å². The zero-order valence-electron chi connectivity index (χ0n) is 16.4. The third-order valence-electron chi connectivity index (χ3n) is 4.94. The molecule has 0 saturated carbocycles. The molecular weight excluding hydrogens is 380 g/mol. The Kier molecular flexibility index (Phi) is 5.64. The average Bonchev–Trinajstić information content (AvgIpc) is 3.28.